The van der Waals surface area contributed by atoms with Crippen LogP contribution < -0.4 is 0 Å². The molecule has 0 aromatic heterocycles. The summed E-state index contributed by atoms with van der Waals surface area (Å²) in [4.78, 5) is 9.76. The van der Waals surface area contributed by atoms with Crippen molar-refractivity contribution in [1.82, 2.24) is 0 Å². The van der Waals surface area contributed by atoms with Gasteiger partial charge in [0.15, 0.2) is 0 Å². The zero-order chi connectivity index (χ0) is 5.70. The van der Waals surface area contributed by atoms with Gasteiger partial charge in [-0.15, -0.1) is 48.0 Å². The van der Waals surface area contributed by atoms with E-state index in [1.165, 1.54) is 0 Å². The number of halogens is 2. The van der Waals surface area contributed by atoms with E-state index in [1.54, 1.807) is 0 Å². The van der Waals surface area contributed by atoms with Gasteiger partial charge >= 0.3 is 29.6 Å². The van der Waals surface area contributed by atoms with Gasteiger partial charge in [0.25, 0.3) is 0 Å². The van der Waals surface area contributed by atoms with Gasteiger partial charge in [0, 0.05) is 6.42 Å². The molecule has 5 heteroatoms. The number of carboxylic acid groups (broad SMARTS) is 1. The molecule has 0 aliphatic carbocycles. The molecule has 66 valence electrons. The summed E-state index contributed by atoms with van der Waals surface area (Å²) >= 11 is 0. The fraction of sp³-hybridized carbons (Fsp3) is 0.800. The average Bonchev–Trinajstić information content (AvgIpc) is 1.61. The van der Waals surface area contributed by atoms with Crippen molar-refractivity contribution in [2.24, 2.45) is 0 Å². The number of hydrogen-bond acceptors (Lipinski definition) is 1. The van der Waals surface area contributed by atoms with E-state index in [0.717, 1.165) is 12.8 Å². The fourth-order valence-electron chi connectivity index (χ4n) is 0.328. The zero-order valence-electron chi connectivity index (χ0n) is 5.79. The second-order valence-electron chi connectivity index (χ2n) is 1.50. The van der Waals surface area contributed by atoms with E-state index in [4.69, 9.17) is 5.11 Å². The van der Waals surface area contributed by atoms with E-state index in [1.807, 2.05) is 6.92 Å². The molecular formula is C5H14I2O2Te. The SMILES string of the molecule is CCCCC(=O)O.I.I.[TeH2]. The average molecular weight is 488 g/mol. The second-order valence-corrected chi connectivity index (χ2v) is 1.50. The van der Waals surface area contributed by atoms with E-state index >= 15 is 0 Å². The summed E-state index contributed by atoms with van der Waals surface area (Å²) in [7, 11) is 0. The monoisotopic (exact) mass is 490 g/mol. The molecular weight excluding hydrogens is 473 g/mol. The molecule has 0 atom stereocenters. The van der Waals surface area contributed by atoms with Crippen molar-refractivity contribution in [3.63, 3.8) is 0 Å². The Morgan fingerprint density at radius 3 is 1.90 bits per heavy atom. The van der Waals surface area contributed by atoms with Crippen molar-refractivity contribution >= 4 is 77.6 Å². The number of carbonyl (C=O) groups is 1. The molecule has 0 radical (unpaired) electrons. The molecule has 0 rings (SSSR count). The molecule has 0 unspecified atom stereocenters. The molecule has 0 fully saturated rings. The van der Waals surface area contributed by atoms with Gasteiger partial charge < -0.3 is 5.11 Å². The van der Waals surface area contributed by atoms with Crippen molar-refractivity contribution < 1.29 is 9.90 Å². The number of aliphatic carboxylic acids is 1. The first kappa shape index (κ1) is 22.6. The summed E-state index contributed by atoms with van der Waals surface area (Å²) in [5.41, 5.74) is 0. The quantitative estimate of drug-likeness (QED) is 0.485. The van der Waals surface area contributed by atoms with Crippen LogP contribution in [0.2, 0.25) is 0 Å². The molecule has 0 amide bonds. The molecule has 1 N–H and O–H groups in total. The van der Waals surface area contributed by atoms with Crippen molar-refractivity contribution in [2.75, 3.05) is 0 Å². The molecule has 0 spiro atoms. The van der Waals surface area contributed by atoms with E-state index in [2.05, 4.69) is 0 Å². The van der Waals surface area contributed by atoms with Crippen LogP contribution in [0.5, 0.6) is 0 Å². The second kappa shape index (κ2) is 17.0. The van der Waals surface area contributed by atoms with Crippen LogP contribution in [-0.4, -0.2) is 34.7 Å². The third-order valence-electron chi connectivity index (χ3n) is 0.744. The Hall–Kier alpha value is 1.72. The first-order valence-electron chi connectivity index (χ1n) is 2.49. The normalized spacial score (nSPS) is 6.10. The predicted octanol–water partition coefficient (Wildman–Crippen LogP) is 1.58. The molecule has 2 nitrogen and oxygen atoms in total. The molecule has 0 aliphatic rings. The van der Waals surface area contributed by atoms with Crippen molar-refractivity contribution in [1.29, 1.82) is 0 Å². The van der Waals surface area contributed by atoms with Gasteiger partial charge in [-0.25, -0.2) is 0 Å². The third-order valence-corrected chi connectivity index (χ3v) is 0.744. The van der Waals surface area contributed by atoms with Gasteiger partial charge in [-0.1, -0.05) is 13.3 Å². The third kappa shape index (κ3) is 22.6. The number of carboxylic acids is 1. The van der Waals surface area contributed by atoms with Crippen LogP contribution in [-0.2, 0) is 4.79 Å². The molecule has 0 saturated carbocycles. The fourth-order valence-corrected chi connectivity index (χ4v) is 0.328. The number of rotatable bonds is 3. The Morgan fingerprint density at radius 1 is 1.40 bits per heavy atom. The summed E-state index contributed by atoms with van der Waals surface area (Å²) < 4.78 is 0. The molecule has 0 heterocycles. The Kier molecular flexibility index (Phi) is 38.4. The van der Waals surface area contributed by atoms with Gasteiger partial charge in [-0.3, -0.25) is 4.79 Å². The van der Waals surface area contributed by atoms with Gasteiger partial charge in [0.2, 0.25) is 0 Å². The summed E-state index contributed by atoms with van der Waals surface area (Å²) in [5, 5.41) is 8.04. The number of hydrogen-bond donors (Lipinski definition) is 1. The van der Waals surface area contributed by atoms with Crippen molar-refractivity contribution in [2.45, 2.75) is 26.2 Å². The Bertz CT molecular complexity index is 70.7. The molecule has 0 aromatic carbocycles. The topological polar surface area (TPSA) is 37.3 Å². The Balaban J connectivity index is -0.0000000600. The van der Waals surface area contributed by atoms with Crippen LogP contribution >= 0.6 is 48.0 Å². The summed E-state index contributed by atoms with van der Waals surface area (Å²) in [5.74, 6) is -0.693. The van der Waals surface area contributed by atoms with E-state index in [-0.39, 0.29) is 71.6 Å². The van der Waals surface area contributed by atoms with Crippen LogP contribution in [0.3, 0.4) is 0 Å². The molecule has 0 aromatic rings. The summed E-state index contributed by atoms with van der Waals surface area (Å²) in [6.45, 7) is 1.98. The first-order valence-corrected chi connectivity index (χ1v) is 2.49. The van der Waals surface area contributed by atoms with Crippen molar-refractivity contribution in [3.05, 3.63) is 0 Å². The zero-order valence-corrected chi connectivity index (χ0v) is 13.3. The molecule has 0 bridgehead atoms. The standard InChI is InChI=1S/C5H10O2.2HI.H2Te/c1-2-3-4-5(6)7;;;/h2-4H2,1H3,(H,6,7);2*1H;1H2. The van der Waals surface area contributed by atoms with Gasteiger partial charge in [0.1, 0.15) is 0 Å². The molecule has 10 heavy (non-hydrogen) atoms. The van der Waals surface area contributed by atoms with Crippen LogP contribution in [0, 0.1) is 0 Å². The molecule has 0 aliphatic heterocycles. The predicted molar refractivity (Wildman–Crippen MR) is 66.5 cm³/mol. The Labute approximate surface area is 112 Å². The van der Waals surface area contributed by atoms with Crippen LogP contribution in [0.1, 0.15) is 26.2 Å². The van der Waals surface area contributed by atoms with Gasteiger partial charge in [-0.2, -0.15) is 0 Å². The minimum absolute atomic E-state index is 0. The summed E-state index contributed by atoms with van der Waals surface area (Å²) in [6.07, 6.45) is 2.08. The van der Waals surface area contributed by atoms with Crippen molar-refractivity contribution in [3.8, 4) is 0 Å². The van der Waals surface area contributed by atoms with E-state index in [9.17, 15) is 4.79 Å². The molecule has 0 saturated heterocycles. The first-order chi connectivity index (χ1) is 3.27. The Morgan fingerprint density at radius 2 is 1.80 bits per heavy atom. The summed E-state index contributed by atoms with van der Waals surface area (Å²) in [6, 6.07) is 0. The van der Waals surface area contributed by atoms with E-state index < -0.39 is 5.97 Å². The number of unbranched alkanes of at least 4 members (excludes halogenated alkanes) is 1. The van der Waals surface area contributed by atoms with Crippen LogP contribution in [0.4, 0.5) is 0 Å². The van der Waals surface area contributed by atoms with Crippen LogP contribution in [0.25, 0.3) is 0 Å². The van der Waals surface area contributed by atoms with Gasteiger partial charge in [-0.05, 0) is 6.42 Å². The maximum atomic E-state index is 9.76. The minimum atomic E-state index is -0.693. The maximum absolute atomic E-state index is 9.76. The van der Waals surface area contributed by atoms with E-state index in [0.29, 0.717) is 6.42 Å². The van der Waals surface area contributed by atoms with Crippen LogP contribution in [0.15, 0.2) is 0 Å². The van der Waals surface area contributed by atoms with Gasteiger partial charge in [0.05, 0.1) is 0 Å².